The maximum Gasteiger partial charge on any atom is 0.333 e. The smallest absolute Gasteiger partial charge is 0.333 e. The van der Waals surface area contributed by atoms with Crippen molar-refractivity contribution in [3.8, 4) is 0 Å². The van der Waals surface area contributed by atoms with Crippen molar-refractivity contribution in [2.45, 2.75) is 37.8 Å². The van der Waals surface area contributed by atoms with Gasteiger partial charge in [-0.25, -0.2) is 4.79 Å². The highest BCUT2D eigenvalue weighted by Crippen LogP contribution is 2.37. The van der Waals surface area contributed by atoms with Gasteiger partial charge in [-0.15, -0.1) is 0 Å². The number of carbonyl (C=O) groups excluding carboxylic acids is 2. The monoisotopic (exact) mass is 483 g/mol. The van der Waals surface area contributed by atoms with E-state index in [0.717, 1.165) is 66.7 Å². The normalized spacial score (nSPS) is 23.6. The third kappa shape index (κ3) is 5.68. The first-order valence-corrected chi connectivity index (χ1v) is 13.1. The second-order valence-corrected chi connectivity index (χ2v) is 10.3. The van der Waals surface area contributed by atoms with E-state index in [1.54, 1.807) is 0 Å². The average Bonchev–Trinajstić information content (AvgIpc) is 2.93. The number of rotatable bonds is 10. The molecule has 0 spiro atoms. The SMILES string of the molecule is O=C(CCC[N+]12CCC(CC1)[C@@H](OC(=O)C(Nc1ccccc1)c1ccccc1)C2)c1ccccc1. The average molecular weight is 484 g/mol. The summed E-state index contributed by atoms with van der Waals surface area (Å²) in [5.74, 6) is 0.413. The van der Waals surface area contributed by atoms with Gasteiger partial charge in [-0.3, -0.25) is 4.79 Å². The van der Waals surface area contributed by atoms with E-state index < -0.39 is 6.04 Å². The van der Waals surface area contributed by atoms with E-state index in [1.807, 2.05) is 91.0 Å². The molecule has 0 amide bonds. The van der Waals surface area contributed by atoms with Gasteiger partial charge >= 0.3 is 5.97 Å². The van der Waals surface area contributed by atoms with Gasteiger partial charge in [0.2, 0.25) is 0 Å². The van der Waals surface area contributed by atoms with Crippen LogP contribution in [0.15, 0.2) is 91.0 Å². The summed E-state index contributed by atoms with van der Waals surface area (Å²) < 4.78 is 7.21. The Balaban J connectivity index is 1.23. The second-order valence-electron chi connectivity index (χ2n) is 10.3. The highest BCUT2D eigenvalue weighted by Gasteiger charge is 2.47. The van der Waals surface area contributed by atoms with Gasteiger partial charge in [0.1, 0.15) is 6.54 Å². The Bertz CT molecular complexity index is 1140. The van der Waals surface area contributed by atoms with E-state index in [1.165, 1.54) is 0 Å². The fourth-order valence-corrected chi connectivity index (χ4v) is 5.85. The quantitative estimate of drug-likeness (QED) is 0.230. The summed E-state index contributed by atoms with van der Waals surface area (Å²) in [5.41, 5.74) is 2.58. The zero-order valence-electron chi connectivity index (χ0n) is 20.7. The van der Waals surface area contributed by atoms with Crippen LogP contribution in [0.4, 0.5) is 5.69 Å². The third-order valence-electron chi connectivity index (χ3n) is 7.89. The lowest BCUT2D eigenvalue weighted by molar-refractivity contribution is -0.946. The van der Waals surface area contributed by atoms with Crippen molar-refractivity contribution in [1.82, 2.24) is 0 Å². The van der Waals surface area contributed by atoms with E-state index >= 15 is 0 Å². The standard InChI is InChI=1S/C31H35N2O3/c34-28(24-11-4-1-5-12-24)17-10-20-33-21-18-25(19-22-33)29(23-33)36-31(35)30(26-13-6-2-7-14-26)32-27-15-8-3-9-16-27/h1-9,11-16,25,29-30,32H,10,17-23H2/q+1/t25?,29-,30?,33?/m0/s1. The van der Waals surface area contributed by atoms with Crippen LogP contribution in [-0.2, 0) is 9.53 Å². The highest BCUT2D eigenvalue weighted by atomic mass is 16.5. The molecule has 3 aromatic carbocycles. The molecule has 36 heavy (non-hydrogen) atoms. The Kier molecular flexibility index (Phi) is 7.47. The Morgan fingerprint density at radius 3 is 2.14 bits per heavy atom. The number of hydrogen-bond acceptors (Lipinski definition) is 4. The molecule has 3 saturated heterocycles. The van der Waals surface area contributed by atoms with E-state index in [4.69, 9.17) is 4.74 Å². The van der Waals surface area contributed by atoms with Crippen molar-refractivity contribution in [2.75, 3.05) is 31.5 Å². The van der Waals surface area contributed by atoms with Crippen LogP contribution >= 0.6 is 0 Å². The van der Waals surface area contributed by atoms with Crippen LogP contribution in [0, 0.1) is 5.92 Å². The number of hydrogen-bond donors (Lipinski definition) is 1. The van der Waals surface area contributed by atoms with Crippen molar-refractivity contribution in [2.24, 2.45) is 5.92 Å². The van der Waals surface area contributed by atoms with Gasteiger partial charge in [0, 0.05) is 42.9 Å². The predicted molar refractivity (Wildman–Crippen MR) is 142 cm³/mol. The van der Waals surface area contributed by atoms with E-state index in [9.17, 15) is 9.59 Å². The summed E-state index contributed by atoms with van der Waals surface area (Å²) >= 11 is 0. The van der Waals surface area contributed by atoms with Gasteiger partial charge in [-0.1, -0.05) is 78.9 Å². The molecule has 186 valence electrons. The van der Waals surface area contributed by atoms with E-state index in [0.29, 0.717) is 12.3 Å². The number of nitrogens with one attached hydrogen (secondary N) is 1. The van der Waals surface area contributed by atoms with Crippen molar-refractivity contribution >= 4 is 17.4 Å². The first kappa shape index (κ1) is 24.3. The molecule has 3 aromatic rings. The summed E-state index contributed by atoms with van der Waals surface area (Å²) in [4.78, 5) is 26.1. The van der Waals surface area contributed by atoms with Crippen LogP contribution in [0.2, 0.25) is 0 Å². The lowest BCUT2D eigenvalue weighted by atomic mass is 9.83. The highest BCUT2D eigenvalue weighted by molar-refractivity contribution is 5.95. The number of anilines is 1. The van der Waals surface area contributed by atoms with Gasteiger partial charge in [0.15, 0.2) is 17.9 Å². The number of nitrogens with zero attached hydrogens (tertiary/aromatic N) is 1. The van der Waals surface area contributed by atoms with Crippen LogP contribution in [0.5, 0.6) is 0 Å². The lowest BCUT2D eigenvalue weighted by Crippen LogP contribution is -2.64. The molecule has 3 heterocycles. The van der Waals surface area contributed by atoms with Crippen LogP contribution in [0.1, 0.15) is 47.6 Å². The first-order chi connectivity index (χ1) is 17.6. The minimum Gasteiger partial charge on any atom is -0.454 e. The minimum atomic E-state index is -0.555. The Morgan fingerprint density at radius 2 is 1.47 bits per heavy atom. The molecular formula is C31H35N2O3+. The number of piperidine rings is 3. The Morgan fingerprint density at radius 1 is 0.861 bits per heavy atom. The number of para-hydroxylation sites is 1. The molecule has 0 radical (unpaired) electrons. The van der Waals surface area contributed by atoms with Crippen LogP contribution in [0.3, 0.4) is 0 Å². The maximum absolute atomic E-state index is 13.5. The predicted octanol–water partition coefficient (Wildman–Crippen LogP) is 5.66. The maximum atomic E-state index is 13.5. The summed E-state index contributed by atoms with van der Waals surface area (Å²) in [6.07, 6.45) is 3.50. The zero-order valence-corrected chi connectivity index (χ0v) is 20.7. The number of fused-ring (bicyclic) bond motifs is 3. The molecule has 0 aromatic heterocycles. The molecule has 3 aliphatic rings. The molecule has 3 aliphatic heterocycles. The number of ketones is 1. The van der Waals surface area contributed by atoms with Gasteiger partial charge in [-0.05, 0) is 17.7 Å². The number of benzene rings is 3. The number of carbonyl (C=O) groups is 2. The van der Waals surface area contributed by atoms with Crippen LogP contribution in [-0.4, -0.2) is 48.5 Å². The van der Waals surface area contributed by atoms with Crippen molar-refractivity contribution in [3.63, 3.8) is 0 Å². The molecule has 6 rings (SSSR count). The van der Waals surface area contributed by atoms with Gasteiger partial charge < -0.3 is 14.5 Å². The fourth-order valence-electron chi connectivity index (χ4n) is 5.85. The summed E-state index contributed by atoms with van der Waals surface area (Å²) in [5, 5.41) is 3.38. The van der Waals surface area contributed by atoms with Crippen LogP contribution < -0.4 is 5.32 Å². The van der Waals surface area contributed by atoms with Gasteiger partial charge in [0.25, 0.3) is 0 Å². The van der Waals surface area contributed by atoms with Crippen molar-refractivity contribution in [3.05, 3.63) is 102 Å². The molecule has 2 atom stereocenters. The molecule has 0 saturated carbocycles. The number of esters is 1. The fraction of sp³-hybridized carbons (Fsp3) is 0.355. The number of Topliss-reactive ketones (excluding diaryl/α,β-unsaturated/α-hetero) is 1. The molecule has 5 heteroatoms. The zero-order chi connectivity index (χ0) is 24.8. The van der Waals surface area contributed by atoms with Gasteiger partial charge in [-0.2, -0.15) is 0 Å². The molecule has 1 unspecified atom stereocenters. The lowest BCUT2D eigenvalue weighted by Gasteiger charge is -2.52. The largest absolute Gasteiger partial charge is 0.454 e. The molecule has 0 aliphatic carbocycles. The van der Waals surface area contributed by atoms with E-state index in [2.05, 4.69) is 5.32 Å². The topological polar surface area (TPSA) is 55.4 Å². The minimum absolute atomic E-state index is 0.0754. The molecule has 2 bridgehead atoms. The second kappa shape index (κ2) is 11.1. The first-order valence-electron chi connectivity index (χ1n) is 13.1. The Labute approximate surface area is 213 Å². The molecular weight excluding hydrogens is 448 g/mol. The van der Waals surface area contributed by atoms with Gasteiger partial charge in [0.05, 0.1) is 19.6 Å². The molecule has 5 nitrogen and oxygen atoms in total. The number of quaternary nitrogens is 1. The van der Waals surface area contributed by atoms with E-state index in [-0.39, 0.29) is 17.9 Å². The Hall–Kier alpha value is -3.44. The molecule has 3 fully saturated rings. The number of ether oxygens (including phenoxy) is 1. The third-order valence-corrected chi connectivity index (χ3v) is 7.89. The summed E-state index contributed by atoms with van der Waals surface area (Å²) in [6.45, 7) is 4.04. The van der Waals surface area contributed by atoms with Crippen molar-refractivity contribution < 1.29 is 18.8 Å². The summed E-state index contributed by atoms with van der Waals surface area (Å²) in [6, 6.07) is 28.6. The summed E-state index contributed by atoms with van der Waals surface area (Å²) in [7, 11) is 0. The van der Waals surface area contributed by atoms with Crippen LogP contribution in [0.25, 0.3) is 0 Å². The van der Waals surface area contributed by atoms with Crippen molar-refractivity contribution in [1.29, 1.82) is 0 Å². The molecule has 1 N–H and O–H groups in total.